The summed E-state index contributed by atoms with van der Waals surface area (Å²) in [5, 5.41) is 12.9. The smallest absolute Gasteiger partial charge is 0.407 e. The van der Waals surface area contributed by atoms with Gasteiger partial charge in [-0.25, -0.2) is 4.79 Å². The summed E-state index contributed by atoms with van der Waals surface area (Å²) in [4.78, 5) is 23.6. The SMILES string of the molecule is CC(C)(C)OC(=O)NC1CCC(c2ccc(Cl)cc2)CC1C(=O)O. The quantitative estimate of drug-likeness (QED) is 0.853. The number of carbonyl (C=O) groups is 2. The highest BCUT2D eigenvalue weighted by Gasteiger charge is 2.37. The molecule has 0 spiro atoms. The van der Waals surface area contributed by atoms with Crippen LogP contribution in [0.5, 0.6) is 0 Å². The molecule has 2 rings (SSSR count). The van der Waals surface area contributed by atoms with Crippen molar-refractivity contribution in [3.63, 3.8) is 0 Å². The summed E-state index contributed by atoms with van der Waals surface area (Å²) < 4.78 is 5.24. The summed E-state index contributed by atoms with van der Waals surface area (Å²) in [6.45, 7) is 5.33. The van der Waals surface area contributed by atoms with E-state index in [1.807, 2.05) is 24.3 Å². The van der Waals surface area contributed by atoms with Crippen LogP contribution in [0.4, 0.5) is 4.79 Å². The Morgan fingerprint density at radius 3 is 2.38 bits per heavy atom. The molecule has 1 aliphatic carbocycles. The number of carboxylic acid groups (broad SMARTS) is 1. The van der Waals surface area contributed by atoms with E-state index >= 15 is 0 Å². The number of hydrogen-bond donors (Lipinski definition) is 2. The Kier molecular flexibility index (Phi) is 5.75. The van der Waals surface area contributed by atoms with Crippen molar-refractivity contribution in [2.24, 2.45) is 5.92 Å². The van der Waals surface area contributed by atoms with Crippen LogP contribution in [-0.2, 0) is 9.53 Å². The minimum Gasteiger partial charge on any atom is -0.481 e. The molecule has 0 saturated heterocycles. The molecule has 3 atom stereocenters. The summed E-state index contributed by atoms with van der Waals surface area (Å²) in [6, 6.07) is 7.09. The molecule has 0 bridgehead atoms. The summed E-state index contributed by atoms with van der Waals surface area (Å²) in [6.07, 6.45) is 1.33. The van der Waals surface area contributed by atoms with Crippen LogP contribution >= 0.6 is 11.6 Å². The summed E-state index contributed by atoms with van der Waals surface area (Å²) >= 11 is 5.91. The van der Waals surface area contributed by atoms with Crippen molar-refractivity contribution < 1.29 is 19.4 Å². The van der Waals surface area contributed by atoms with Crippen LogP contribution in [0, 0.1) is 5.92 Å². The molecule has 5 nitrogen and oxygen atoms in total. The highest BCUT2D eigenvalue weighted by molar-refractivity contribution is 6.30. The first-order chi connectivity index (χ1) is 11.2. The third-order valence-corrected chi connectivity index (χ3v) is 4.46. The van der Waals surface area contributed by atoms with Gasteiger partial charge in [0.1, 0.15) is 5.60 Å². The monoisotopic (exact) mass is 353 g/mol. The Morgan fingerprint density at radius 1 is 1.21 bits per heavy atom. The molecule has 0 aromatic heterocycles. The van der Waals surface area contributed by atoms with Crippen LogP contribution in [0.15, 0.2) is 24.3 Å². The molecular weight excluding hydrogens is 330 g/mol. The third-order valence-electron chi connectivity index (χ3n) is 4.21. The molecule has 3 unspecified atom stereocenters. The molecule has 1 fully saturated rings. The van der Waals surface area contributed by atoms with Crippen LogP contribution in [0.25, 0.3) is 0 Å². The molecule has 1 aromatic carbocycles. The number of ether oxygens (including phenoxy) is 1. The van der Waals surface area contributed by atoms with Crippen molar-refractivity contribution in [2.75, 3.05) is 0 Å². The first kappa shape index (κ1) is 18.6. The molecule has 0 heterocycles. The Morgan fingerprint density at radius 2 is 1.83 bits per heavy atom. The van der Waals surface area contributed by atoms with Crippen LogP contribution in [0.2, 0.25) is 5.02 Å². The van der Waals surface area contributed by atoms with Gasteiger partial charge in [-0.05, 0) is 63.6 Å². The average molecular weight is 354 g/mol. The lowest BCUT2D eigenvalue weighted by atomic mass is 9.75. The number of nitrogens with one attached hydrogen (secondary N) is 1. The van der Waals surface area contributed by atoms with E-state index in [4.69, 9.17) is 16.3 Å². The highest BCUT2D eigenvalue weighted by atomic mass is 35.5. The maximum Gasteiger partial charge on any atom is 0.407 e. The lowest BCUT2D eigenvalue weighted by molar-refractivity contribution is -0.143. The van der Waals surface area contributed by atoms with Gasteiger partial charge in [-0.15, -0.1) is 0 Å². The molecule has 132 valence electrons. The largest absolute Gasteiger partial charge is 0.481 e. The van der Waals surface area contributed by atoms with Gasteiger partial charge in [0.05, 0.1) is 5.92 Å². The second-order valence-corrected chi connectivity index (χ2v) is 7.70. The van der Waals surface area contributed by atoms with Gasteiger partial charge in [0.15, 0.2) is 0 Å². The average Bonchev–Trinajstić information content (AvgIpc) is 2.46. The fourth-order valence-corrected chi connectivity index (χ4v) is 3.24. The molecule has 1 saturated carbocycles. The van der Waals surface area contributed by atoms with Gasteiger partial charge in [-0.3, -0.25) is 4.79 Å². The maximum atomic E-state index is 11.9. The van der Waals surface area contributed by atoms with Gasteiger partial charge in [-0.1, -0.05) is 23.7 Å². The van der Waals surface area contributed by atoms with Crippen molar-refractivity contribution in [3.8, 4) is 0 Å². The molecule has 6 heteroatoms. The van der Waals surface area contributed by atoms with Crippen molar-refractivity contribution >= 4 is 23.7 Å². The predicted octanol–water partition coefficient (Wildman–Crippen LogP) is 4.20. The topological polar surface area (TPSA) is 75.6 Å². The first-order valence-electron chi connectivity index (χ1n) is 8.13. The third kappa shape index (κ3) is 5.13. The molecule has 0 radical (unpaired) electrons. The number of benzene rings is 1. The molecule has 2 N–H and O–H groups in total. The van der Waals surface area contributed by atoms with Crippen molar-refractivity contribution in [3.05, 3.63) is 34.9 Å². The molecular formula is C18H24ClNO4. The number of halogens is 1. The molecule has 1 aliphatic rings. The Bertz CT molecular complexity index is 594. The number of carboxylic acids is 1. The Balaban J connectivity index is 2.04. The second kappa shape index (κ2) is 7.43. The van der Waals surface area contributed by atoms with E-state index in [2.05, 4.69) is 5.32 Å². The number of aliphatic carboxylic acids is 1. The lowest BCUT2D eigenvalue weighted by Gasteiger charge is -2.35. The van der Waals surface area contributed by atoms with Gasteiger partial charge in [0.2, 0.25) is 0 Å². The molecule has 0 aliphatic heterocycles. The molecule has 24 heavy (non-hydrogen) atoms. The summed E-state index contributed by atoms with van der Waals surface area (Å²) in [5.74, 6) is -1.37. The van der Waals surface area contributed by atoms with Crippen LogP contribution in [-0.4, -0.2) is 28.8 Å². The maximum absolute atomic E-state index is 11.9. The summed E-state index contributed by atoms with van der Waals surface area (Å²) in [5.41, 5.74) is 0.477. The zero-order chi connectivity index (χ0) is 17.9. The van der Waals surface area contributed by atoms with E-state index < -0.39 is 29.6 Å². The highest BCUT2D eigenvalue weighted by Crippen LogP contribution is 2.37. The fraction of sp³-hybridized carbons (Fsp3) is 0.556. The van der Waals surface area contributed by atoms with Gasteiger partial charge in [-0.2, -0.15) is 0 Å². The van der Waals surface area contributed by atoms with Crippen LogP contribution in [0.3, 0.4) is 0 Å². The zero-order valence-electron chi connectivity index (χ0n) is 14.2. The van der Waals surface area contributed by atoms with E-state index in [1.165, 1.54) is 0 Å². The zero-order valence-corrected chi connectivity index (χ0v) is 15.0. The number of alkyl carbamates (subject to hydrolysis) is 1. The predicted molar refractivity (Wildman–Crippen MR) is 92.3 cm³/mol. The summed E-state index contributed by atoms with van der Waals surface area (Å²) in [7, 11) is 0. The van der Waals surface area contributed by atoms with Crippen molar-refractivity contribution in [2.45, 2.75) is 57.6 Å². The number of amides is 1. The van der Waals surface area contributed by atoms with Gasteiger partial charge in [0.25, 0.3) is 0 Å². The first-order valence-corrected chi connectivity index (χ1v) is 8.51. The van der Waals surface area contributed by atoms with Crippen molar-refractivity contribution in [1.29, 1.82) is 0 Å². The number of hydrogen-bond acceptors (Lipinski definition) is 3. The Labute approximate surface area is 147 Å². The minimum atomic E-state index is -0.894. The second-order valence-electron chi connectivity index (χ2n) is 7.26. The van der Waals surface area contributed by atoms with E-state index in [1.54, 1.807) is 20.8 Å². The van der Waals surface area contributed by atoms with E-state index in [-0.39, 0.29) is 5.92 Å². The molecule has 1 amide bonds. The van der Waals surface area contributed by atoms with E-state index in [9.17, 15) is 14.7 Å². The standard InChI is InChI=1S/C18H24ClNO4/c1-18(2,3)24-17(23)20-15-9-6-12(10-14(15)16(21)22)11-4-7-13(19)8-5-11/h4-5,7-8,12,14-15H,6,9-10H2,1-3H3,(H,20,23)(H,21,22). The van der Waals surface area contributed by atoms with E-state index in [0.717, 1.165) is 12.0 Å². The van der Waals surface area contributed by atoms with Gasteiger partial charge < -0.3 is 15.2 Å². The van der Waals surface area contributed by atoms with Gasteiger partial charge in [0, 0.05) is 11.1 Å². The lowest BCUT2D eigenvalue weighted by Crippen LogP contribution is -2.47. The van der Waals surface area contributed by atoms with Gasteiger partial charge >= 0.3 is 12.1 Å². The van der Waals surface area contributed by atoms with Crippen molar-refractivity contribution in [1.82, 2.24) is 5.32 Å². The van der Waals surface area contributed by atoms with E-state index in [0.29, 0.717) is 17.9 Å². The number of carbonyl (C=O) groups excluding carboxylic acids is 1. The fourth-order valence-electron chi connectivity index (χ4n) is 3.11. The normalized spacial score (nSPS) is 24.2. The number of rotatable bonds is 3. The molecule has 1 aromatic rings. The van der Waals surface area contributed by atoms with Crippen LogP contribution < -0.4 is 5.32 Å². The van der Waals surface area contributed by atoms with Crippen LogP contribution in [0.1, 0.15) is 51.5 Å². The minimum absolute atomic E-state index is 0.153. The Hall–Kier alpha value is -1.75.